The van der Waals surface area contributed by atoms with E-state index < -0.39 is 23.4 Å². The maximum absolute atomic E-state index is 13.6. The zero-order valence-electron chi connectivity index (χ0n) is 11.1. The summed E-state index contributed by atoms with van der Waals surface area (Å²) < 4.78 is 27.1. The third kappa shape index (κ3) is 4.61. The highest BCUT2D eigenvalue weighted by molar-refractivity contribution is 6.30. The Labute approximate surface area is 121 Å². The van der Waals surface area contributed by atoms with Crippen molar-refractivity contribution >= 4 is 23.3 Å². The van der Waals surface area contributed by atoms with E-state index in [4.69, 9.17) is 16.7 Å². The number of carbonyl (C=O) groups is 1. The molecular formula is C13H17ClF2N2O2. The number of nitrogens with one attached hydrogen (secondary N) is 1. The van der Waals surface area contributed by atoms with Crippen molar-refractivity contribution in [1.82, 2.24) is 4.90 Å². The number of anilines is 1. The lowest BCUT2D eigenvalue weighted by molar-refractivity contribution is 0.187. The number of aliphatic hydroxyl groups excluding tert-OH is 1. The maximum atomic E-state index is 13.6. The summed E-state index contributed by atoms with van der Waals surface area (Å²) in [6.45, 7) is 2.23. The molecule has 0 saturated heterocycles. The Morgan fingerprint density at radius 1 is 1.35 bits per heavy atom. The summed E-state index contributed by atoms with van der Waals surface area (Å²) in [5.41, 5.74) is -0.543. The van der Waals surface area contributed by atoms with E-state index in [0.29, 0.717) is 6.54 Å². The van der Waals surface area contributed by atoms with Crippen LogP contribution in [0.4, 0.5) is 19.3 Å². The molecule has 4 nitrogen and oxygen atoms in total. The van der Waals surface area contributed by atoms with Gasteiger partial charge in [0.2, 0.25) is 0 Å². The number of amides is 2. The minimum absolute atomic E-state index is 0.0869. The fraction of sp³-hybridized carbons (Fsp3) is 0.462. The zero-order chi connectivity index (χ0) is 15.1. The molecule has 1 aromatic rings. The fourth-order valence-electron chi connectivity index (χ4n) is 1.63. The lowest BCUT2D eigenvalue weighted by atomic mass is 10.3. The van der Waals surface area contributed by atoms with Gasteiger partial charge in [0.05, 0.1) is 6.61 Å². The molecule has 7 heteroatoms. The monoisotopic (exact) mass is 306 g/mol. The van der Waals surface area contributed by atoms with Crippen LogP contribution in [-0.4, -0.2) is 35.7 Å². The van der Waals surface area contributed by atoms with E-state index in [9.17, 15) is 13.6 Å². The minimum atomic E-state index is -0.942. The molecule has 0 unspecified atom stereocenters. The van der Waals surface area contributed by atoms with Crippen LogP contribution in [0.25, 0.3) is 0 Å². The van der Waals surface area contributed by atoms with Gasteiger partial charge in [0.25, 0.3) is 0 Å². The fourth-order valence-corrected chi connectivity index (χ4v) is 1.82. The molecule has 112 valence electrons. The van der Waals surface area contributed by atoms with Gasteiger partial charge in [-0.2, -0.15) is 0 Å². The molecule has 1 rings (SSSR count). The number of unbranched alkanes of at least 4 members (excludes halogenated alkanes) is 1. The Morgan fingerprint density at radius 3 is 2.45 bits per heavy atom. The summed E-state index contributed by atoms with van der Waals surface area (Å²) in [7, 11) is 0. The van der Waals surface area contributed by atoms with Crippen LogP contribution in [0.15, 0.2) is 12.1 Å². The molecule has 2 N–H and O–H groups in total. The molecule has 20 heavy (non-hydrogen) atoms. The molecule has 2 amide bonds. The molecule has 0 aliphatic carbocycles. The number of benzene rings is 1. The number of aliphatic hydroxyl groups is 1. The highest BCUT2D eigenvalue weighted by atomic mass is 35.5. The second-order valence-electron chi connectivity index (χ2n) is 4.24. The van der Waals surface area contributed by atoms with Crippen LogP contribution in [-0.2, 0) is 0 Å². The van der Waals surface area contributed by atoms with Gasteiger partial charge in [-0.3, -0.25) is 0 Å². The average molecular weight is 307 g/mol. The first-order valence-corrected chi connectivity index (χ1v) is 6.68. The van der Waals surface area contributed by atoms with Gasteiger partial charge in [-0.1, -0.05) is 24.9 Å². The van der Waals surface area contributed by atoms with Gasteiger partial charge >= 0.3 is 6.03 Å². The normalized spacial score (nSPS) is 10.4. The van der Waals surface area contributed by atoms with Crippen LogP contribution in [0, 0.1) is 11.6 Å². The maximum Gasteiger partial charge on any atom is 0.322 e. The molecule has 0 spiro atoms. The number of halogens is 3. The number of urea groups is 1. The number of hydrogen-bond donors (Lipinski definition) is 2. The third-order valence-electron chi connectivity index (χ3n) is 2.68. The van der Waals surface area contributed by atoms with Crippen molar-refractivity contribution in [2.45, 2.75) is 19.8 Å². The predicted octanol–water partition coefficient (Wildman–Crippen LogP) is 3.24. The van der Waals surface area contributed by atoms with Gasteiger partial charge in [0.15, 0.2) is 11.6 Å². The van der Waals surface area contributed by atoms with Gasteiger partial charge in [0, 0.05) is 18.1 Å². The Kier molecular flexibility index (Phi) is 6.67. The number of hydrogen-bond acceptors (Lipinski definition) is 2. The summed E-state index contributed by atoms with van der Waals surface area (Å²) >= 11 is 5.50. The van der Waals surface area contributed by atoms with Crippen molar-refractivity contribution < 1.29 is 18.7 Å². The van der Waals surface area contributed by atoms with Gasteiger partial charge in [0.1, 0.15) is 5.69 Å². The number of nitrogens with zero attached hydrogens (tertiary/aromatic N) is 1. The van der Waals surface area contributed by atoms with E-state index in [1.54, 1.807) is 0 Å². The molecule has 0 radical (unpaired) electrons. The summed E-state index contributed by atoms with van der Waals surface area (Å²) in [5, 5.41) is 11.0. The topological polar surface area (TPSA) is 52.6 Å². The SMILES string of the molecule is CCCCN(CCO)C(=O)Nc1c(F)cc(Cl)cc1F. The molecule has 0 aliphatic rings. The smallest absolute Gasteiger partial charge is 0.322 e. The van der Waals surface area contributed by atoms with Crippen molar-refractivity contribution in [3.8, 4) is 0 Å². The first kappa shape index (κ1) is 16.7. The van der Waals surface area contributed by atoms with Gasteiger partial charge in [-0.05, 0) is 18.6 Å². The van der Waals surface area contributed by atoms with E-state index in [2.05, 4.69) is 5.32 Å². The first-order chi connectivity index (χ1) is 9.49. The predicted molar refractivity (Wildman–Crippen MR) is 74.0 cm³/mol. The van der Waals surface area contributed by atoms with Crippen LogP contribution in [0.1, 0.15) is 19.8 Å². The van der Waals surface area contributed by atoms with Gasteiger partial charge in [-0.25, -0.2) is 13.6 Å². The quantitative estimate of drug-likeness (QED) is 0.847. The molecule has 0 heterocycles. The second kappa shape index (κ2) is 8.01. The van der Waals surface area contributed by atoms with Crippen molar-refractivity contribution in [3.05, 3.63) is 28.8 Å². The van der Waals surface area contributed by atoms with E-state index >= 15 is 0 Å². The highest BCUT2D eigenvalue weighted by Gasteiger charge is 2.17. The molecule has 0 bridgehead atoms. The standard InChI is InChI=1S/C13H17ClF2N2O2/c1-2-3-4-18(5-6-19)13(20)17-12-10(15)7-9(14)8-11(12)16/h7-8,19H,2-6H2,1H3,(H,17,20). The molecule has 0 fully saturated rings. The Bertz CT molecular complexity index is 449. The molecule has 0 aromatic heterocycles. The molecule has 1 aromatic carbocycles. The van der Waals surface area contributed by atoms with Crippen molar-refractivity contribution in [2.24, 2.45) is 0 Å². The van der Waals surface area contributed by atoms with Gasteiger partial charge < -0.3 is 15.3 Å². The lowest BCUT2D eigenvalue weighted by Crippen LogP contribution is -2.38. The average Bonchev–Trinajstić information content (AvgIpc) is 2.38. The largest absolute Gasteiger partial charge is 0.395 e. The van der Waals surface area contributed by atoms with Crippen molar-refractivity contribution in [3.63, 3.8) is 0 Å². The Balaban J connectivity index is 2.82. The van der Waals surface area contributed by atoms with Crippen LogP contribution in [0.2, 0.25) is 5.02 Å². The van der Waals surface area contributed by atoms with E-state index in [0.717, 1.165) is 25.0 Å². The summed E-state index contributed by atoms with van der Waals surface area (Å²) in [4.78, 5) is 13.2. The van der Waals surface area contributed by atoms with E-state index in [1.165, 1.54) is 4.90 Å². The van der Waals surface area contributed by atoms with E-state index in [-0.39, 0.29) is 18.2 Å². The van der Waals surface area contributed by atoms with Crippen LogP contribution >= 0.6 is 11.6 Å². The van der Waals surface area contributed by atoms with Crippen molar-refractivity contribution in [2.75, 3.05) is 25.0 Å². The van der Waals surface area contributed by atoms with Crippen LogP contribution < -0.4 is 5.32 Å². The molecule has 0 saturated carbocycles. The zero-order valence-corrected chi connectivity index (χ0v) is 11.9. The summed E-state index contributed by atoms with van der Waals surface area (Å²) in [6, 6.07) is 1.18. The summed E-state index contributed by atoms with van der Waals surface area (Å²) in [5.74, 6) is -1.88. The van der Waals surface area contributed by atoms with Crippen LogP contribution in [0.3, 0.4) is 0 Å². The molecule has 0 aliphatic heterocycles. The Hall–Kier alpha value is -1.40. The minimum Gasteiger partial charge on any atom is -0.395 e. The molecular weight excluding hydrogens is 290 g/mol. The van der Waals surface area contributed by atoms with Crippen LogP contribution in [0.5, 0.6) is 0 Å². The Morgan fingerprint density at radius 2 is 1.95 bits per heavy atom. The third-order valence-corrected chi connectivity index (χ3v) is 2.90. The van der Waals surface area contributed by atoms with Gasteiger partial charge in [-0.15, -0.1) is 0 Å². The number of carbonyl (C=O) groups excluding carboxylic acids is 1. The first-order valence-electron chi connectivity index (χ1n) is 6.31. The number of rotatable bonds is 6. The van der Waals surface area contributed by atoms with Crippen molar-refractivity contribution in [1.29, 1.82) is 0 Å². The lowest BCUT2D eigenvalue weighted by Gasteiger charge is -2.22. The molecule has 0 atom stereocenters. The highest BCUT2D eigenvalue weighted by Crippen LogP contribution is 2.23. The second-order valence-corrected chi connectivity index (χ2v) is 4.68. The summed E-state index contributed by atoms with van der Waals surface area (Å²) in [6.07, 6.45) is 1.60. The van der Waals surface area contributed by atoms with E-state index in [1.807, 2.05) is 6.92 Å².